The first-order valence-corrected chi connectivity index (χ1v) is 15.8. The van der Waals surface area contributed by atoms with E-state index in [-0.39, 0.29) is 18.0 Å². The first-order chi connectivity index (χ1) is 21.7. The first kappa shape index (κ1) is 28.1. The number of rotatable bonds is 11. The van der Waals surface area contributed by atoms with E-state index in [4.69, 9.17) is 10.2 Å². The molecule has 1 fully saturated rings. The first-order valence-electron chi connectivity index (χ1n) is 15.8. The van der Waals surface area contributed by atoms with Crippen LogP contribution in [0.25, 0.3) is 21.8 Å². The zero-order valence-electron chi connectivity index (χ0n) is 25.1. The second kappa shape index (κ2) is 12.5. The van der Waals surface area contributed by atoms with E-state index in [1.54, 1.807) is 0 Å². The number of benzene rings is 3. The monoisotopic (exact) mass is 585 g/mol. The highest BCUT2D eigenvalue weighted by atomic mass is 16.2. The summed E-state index contributed by atoms with van der Waals surface area (Å²) < 4.78 is 2.23. The van der Waals surface area contributed by atoms with Crippen molar-refractivity contribution in [3.63, 3.8) is 0 Å². The molecule has 0 spiro atoms. The van der Waals surface area contributed by atoms with Gasteiger partial charge in [-0.15, -0.1) is 10.2 Å². The maximum Gasteiger partial charge on any atom is 0.237 e. The standard InChI is InChI=1S/C36H39N7O/c1-2-24-13-15-25(16-14-24)23-43-34(18-17-26-21-38-30-10-5-3-8-28(26)30)41-42-35(43)33(40-36(44)32-12-7-19-37-32)20-27-22-39-31-11-6-4-9-29(27)31/h3-6,8-11,13-16,21-22,32-33,37-39H,2,7,12,17-20,23H2,1H3,(H,40,44)/t32-,33+/m0/s1. The van der Waals surface area contributed by atoms with E-state index in [2.05, 4.69) is 111 Å². The highest BCUT2D eigenvalue weighted by Crippen LogP contribution is 2.27. The minimum absolute atomic E-state index is 0.0227. The molecule has 0 saturated carbocycles. The molecule has 8 heteroatoms. The van der Waals surface area contributed by atoms with Crippen molar-refractivity contribution in [2.24, 2.45) is 0 Å². The van der Waals surface area contributed by atoms with Gasteiger partial charge in [-0.05, 0) is 66.6 Å². The number of nitrogens with one attached hydrogen (secondary N) is 4. The highest BCUT2D eigenvalue weighted by Gasteiger charge is 2.29. The number of amides is 1. The van der Waals surface area contributed by atoms with Crippen LogP contribution in [0.3, 0.4) is 0 Å². The number of carbonyl (C=O) groups excluding carboxylic acids is 1. The molecule has 224 valence electrons. The summed E-state index contributed by atoms with van der Waals surface area (Å²) in [7, 11) is 0. The fraction of sp³-hybridized carbons (Fsp3) is 0.306. The zero-order valence-corrected chi connectivity index (χ0v) is 25.1. The molecular formula is C36H39N7O. The summed E-state index contributed by atoms with van der Waals surface area (Å²) in [6.45, 7) is 3.68. The topological polar surface area (TPSA) is 103 Å². The van der Waals surface area contributed by atoms with Crippen LogP contribution in [0.4, 0.5) is 0 Å². The molecule has 6 aromatic rings. The molecule has 4 N–H and O–H groups in total. The number of para-hydroxylation sites is 2. The molecule has 0 radical (unpaired) electrons. The summed E-state index contributed by atoms with van der Waals surface area (Å²) >= 11 is 0. The minimum Gasteiger partial charge on any atom is -0.361 e. The third-order valence-corrected chi connectivity index (χ3v) is 9.02. The number of aromatic nitrogens is 5. The summed E-state index contributed by atoms with van der Waals surface area (Å²) in [4.78, 5) is 20.3. The Hall–Kier alpha value is -4.69. The van der Waals surface area contributed by atoms with Crippen molar-refractivity contribution < 1.29 is 4.79 Å². The molecule has 44 heavy (non-hydrogen) atoms. The van der Waals surface area contributed by atoms with E-state index in [9.17, 15) is 4.79 Å². The van der Waals surface area contributed by atoms with Gasteiger partial charge in [-0.3, -0.25) is 4.79 Å². The van der Waals surface area contributed by atoms with Gasteiger partial charge in [0.2, 0.25) is 5.91 Å². The van der Waals surface area contributed by atoms with Crippen LogP contribution in [0.2, 0.25) is 0 Å². The third kappa shape index (κ3) is 5.77. The van der Waals surface area contributed by atoms with Gasteiger partial charge in [0, 0.05) is 47.0 Å². The Bertz CT molecular complexity index is 1870. The van der Waals surface area contributed by atoms with Gasteiger partial charge in [-0.25, -0.2) is 0 Å². The van der Waals surface area contributed by atoms with Crippen molar-refractivity contribution in [1.82, 2.24) is 35.4 Å². The number of carbonyl (C=O) groups is 1. The zero-order chi connectivity index (χ0) is 29.9. The largest absolute Gasteiger partial charge is 0.361 e. The smallest absolute Gasteiger partial charge is 0.237 e. The van der Waals surface area contributed by atoms with E-state index in [0.29, 0.717) is 13.0 Å². The minimum atomic E-state index is -0.339. The fourth-order valence-corrected chi connectivity index (χ4v) is 6.52. The third-order valence-electron chi connectivity index (χ3n) is 9.02. The Balaban J connectivity index is 1.25. The van der Waals surface area contributed by atoms with Gasteiger partial charge in [0.25, 0.3) is 0 Å². The van der Waals surface area contributed by atoms with Crippen LogP contribution >= 0.6 is 0 Å². The SMILES string of the molecule is CCc1ccc(Cn2c(CCc3c[nH]c4ccccc34)nnc2[C@@H](Cc2c[nH]c3ccccc23)NC(=O)[C@@H]2CCCN2)cc1. The van der Waals surface area contributed by atoms with Crippen LogP contribution in [-0.2, 0) is 37.0 Å². The number of aryl methyl sites for hydroxylation is 3. The van der Waals surface area contributed by atoms with Crippen molar-refractivity contribution in [3.05, 3.63) is 119 Å². The van der Waals surface area contributed by atoms with Crippen LogP contribution < -0.4 is 10.6 Å². The molecule has 1 aliphatic heterocycles. The molecule has 4 heterocycles. The van der Waals surface area contributed by atoms with Crippen molar-refractivity contribution in [1.29, 1.82) is 0 Å². The highest BCUT2D eigenvalue weighted by molar-refractivity contribution is 5.84. The lowest BCUT2D eigenvalue weighted by molar-refractivity contribution is -0.123. The number of nitrogens with zero attached hydrogens (tertiary/aromatic N) is 3. The van der Waals surface area contributed by atoms with Crippen LogP contribution in [0.5, 0.6) is 0 Å². The van der Waals surface area contributed by atoms with Crippen LogP contribution in [0.1, 0.15) is 59.7 Å². The van der Waals surface area contributed by atoms with Gasteiger partial charge in [0.1, 0.15) is 5.82 Å². The van der Waals surface area contributed by atoms with Crippen LogP contribution in [-0.4, -0.2) is 43.2 Å². The Morgan fingerprint density at radius 2 is 1.57 bits per heavy atom. The van der Waals surface area contributed by atoms with Gasteiger partial charge in [0.05, 0.1) is 18.6 Å². The van der Waals surface area contributed by atoms with Crippen LogP contribution in [0, 0.1) is 0 Å². The van der Waals surface area contributed by atoms with Crippen molar-refractivity contribution in [2.75, 3.05) is 6.54 Å². The predicted molar refractivity (Wildman–Crippen MR) is 175 cm³/mol. The Kier molecular flexibility index (Phi) is 7.99. The van der Waals surface area contributed by atoms with Gasteiger partial charge >= 0.3 is 0 Å². The molecular weight excluding hydrogens is 546 g/mol. The van der Waals surface area contributed by atoms with Gasteiger partial charge in [0.15, 0.2) is 5.82 Å². The molecule has 3 aromatic carbocycles. The lowest BCUT2D eigenvalue weighted by Crippen LogP contribution is -2.43. The Morgan fingerprint density at radius 1 is 0.886 bits per heavy atom. The van der Waals surface area contributed by atoms with E-state index in [0.717, 1.165) is 72.3 Å². The Labute approximate surface area is 257 Å². The normalized spacial score (nSPS) is 15.7. The Morgan fingerprint density at radius 3 is 2.27 bits per heavy atom. The van der Waals surface area contributed by atoms with Crippen LogP contribution in [0.15, 0.2) is 85.2 Å². The van der Waals surface area contributed by atoms with E-state index < -0.39 is 0 Å². The van der Waals surface area contributed by atoms with Crippen molar-refractivity contribution in [3.8, 4) is 0 Å². The van der Waals surface area contributed by atoms with Gasteiger partial charge < -0.3 is 25.2 Å². The van der Waals surface area contributed by atoms with Gasteiger partial charge in [-0.2, -0.15) is 0 Å². The second-order valence-electron chi connectivity index (χ2n) is 11.9. The van der Waals surface area contributed by atoms with E-state index in [1.165, 1.54) is 22.1 Å². The maximum absolute atomic E-state index is 13.5. The van der Waals surface area contributed by atoms with Crippen molar-refractivity contribution >= 4 is 27.7 Å². The summed E-state index contributed by atoms with van der Waals surface area (Å²) in [6.07, 6.45) is 9.19. The molecule has 8 nitrogen and oxygen atoms in total. The molecule has 1 amide bonds. The average Bonchev–Trinajstić information content (AvgIpc) is 3.88. The summed E-state index contributed by atoms with van der Waals surface area (Å²) in [5.74, 6) is 1.73. The number of fused-ring (bicyclic) bond motifs is 2. The molecule has 0 unspecified atom stereocenters. The van der Waals surface area contributed by atoms with Crippen molar-refractivity contribution in [2.45, 2.75) is 64.1 Å². The molecule has 0 aliphatic carbocycles. The lowest BCUT2D eigenvalue weighted by Gasteiger charge is -2.22. The number of aromatic amines is 2. The molecule has 1 saturated heterocycles. The van der Waals surface area contributed by atoms with E-state index >= 15 is 0 Å². The lowest BCUT2D eigenvalue weighted by atomic mass is 10.0. The number of H-pyrrole nitrogens is 2. The summed E-state index contributed by atoms with van der Waals surface area (Å²) in [6, 6.07) is 25.0. The summed E-state index contributed by atoms with van der Waals surface area (Å²) in [5.41, 5.74) is 7.13. The maximum atomic E-state index is 13.5. The molecule has 1 aliphatic rings. The van der Waals surface area contributed by atoms with Gasteiger partial charge in [-0.1, -0.05) is 67.6 Å². The quantitative estimate of drug-likeness (QED) is 0.155. The molecule has 0 bridgehead atoms. The molecule has 7 rings (SSSR count). The van der Waals surface area contributed by atoms with E-state index in [1.807, 2.05) is 6.07 Å². The molecule has 3 aromatic heterocycles. The predicted octanol–water partition coefficient (Wildman–Crippen LogP) is 5.79. The number of hydrogen-bond donors (Lipinski definition) is 4. The number of hydrogen-bond acceptors (Lipinski definition) is 4. The second-order valence-corrected chi connectivity index (χ2v) is 11.9. The fourth-order valence-electron chi connectivity index (χ4n) is 6.52. The average molecular weight is 586 g/mol. The summed E-state index contributed by atoms with van der Waals surface area (Å²) in [5, 5.41) is 18.7. The molecule has 2 atom stereocenters.